The van der Waals surface area contributed by atoms with Crippen LogP contribution >= 0.6 is 12.2 Å². The molecule has 32 heavy (non-hydrogen) atoms. The molecule has 0 saturated carbocycles. The van der Waals surface area contributed by atoms with E-state index in [0.717, 1.165) is 37.1 Å². The maximum absolute atomic E-state index is 13.1. The van der Waals surface area contributed by atoms with Crippen LogP contribution in [0.1, 0.15) is 44.1 Å². The molecule has 176 valence electrons. The molecule has 9 heteroatoms. The van der Waals surface area contributed by atoms with E-state index >= 15 is 0 Å². The van der Waals surface area contributed by atoms with Crippen molar-refractivity contribution < 1.29 is 18.0 Å². The summed E-state index contributed by atoms with van der Waals surface area (Å²) < 4.78 is 39.4. The molecule has 0 unspecified atom stereocenters. The highest BCUT2D eigenvalue weighted by molar-refractivity contribution is 7.80. The van der Waals surface area contributed by atoms with Gasteiger partial charge in [-0.3, -0.25) is 9.69 Å². The van der Waals surface area contributed by atoms with Gasteiger partial charge in [0.05, 0.1) is 17.8 Å². The zero-order valence-electron chi connectivity index (χ0n) is 18.2. The number of thiocarbonyl (C=S) groups is 1. The Hall–Kier alpha value is -2.13. The van der Waals surface area contributed by atoms with E-state index in [1.165, 1.54) is 49.5 Å². The molecule has 0 atom stereocenters. The van der Waals surface area contributed by atoms with Crippen molar-refractivity contribution in [2.24, 2.45) is 0 Å². The summed E-state index contributed by atoms with van der Waals surface area (Å²) in [6.07, 6.45) is 4.60. The summed E-state index contributed by atoms with van der Waals surface area (Å²) >= 11 is 5.55. The van der Waals surface area contributed by atoms with E-state index in [9.17, 15) is 18.0 Å². The lowest BCUT2D eigenvalue weighted by molar-refractivity contribution is -0.137. The number of anilines is 1. The van der Waals surface area contributed by atoms with Gasteiger partial charge in [-0.05, 0) is 62.9 Å². The first-order chi connectivity index (χ1) is 15.3. The molecule has 0 aromatic heterocycles. The van der Waals surface area contributed by atoms with Gasteiger partial charge in [0, 0.05) is 32.7 Å². The molecule has 2 aliphatic rings. The van der Waals surface area contributed by atoms with E-state index in [1.807, 2.05) is 4.90 Å². The molecule has 1 heterocycles. The highest BCUT2D eigenvalue weighted by Gasteiger charge is 2.33. The van der Waals surface area contributed by atoms with Crippen molar-refractivity contribution in [3.63, 3.8) is 0 Å². The molecule has 1 amide bonds. The van der Waals surface area contributed by atoms with E-state index in [4.69, 9.17) is 12.2 Å². The second-order valence-electron chi connectivity index (χ2n) is 8.30. The second-order valence-corrected chi connectivity index (χ2v) is 8.69. The quantitative estimate of drug-likeness (QED) is 0.478. The van der Waals surface area contributed by atoms with Gasteiger partial charge in [-0.15, -0.1) is 0 Å². The van der Waals surface area contributed by atoms with Gasteiger partial charge < -0.3 is 15.5 Å². The second kappa shape index (κ2) is 11.7. The summed E-state index contributed by atoms with van der Waals surface area (Å²) in [5.41, 5.74) is 0.461. The van der Waals surface area contributed by atoms with Crippen LogP contribution in [-0.4, -0.2) is 60.1 Å². The van der Waals surface area contributed by atoms with Crippen LogP contribution in [0.4, 0.5) is 18.9 Å². The largest absolute Gasteiger partial charge is 0.418 e. The van der Waals surface area contributed by atoms with Gasteiger partial charge >= 0.3 is 6.18 Å². The van der Waals surface area contributed by atoms with Crippen molar-refractivity contribution in [3.05, 3.63) is 41.5 Å². The van der Waals surface area contributed by atoms with Crippen LogP contribution in [0.15, 0.2) is 35.9 Å². The average molecular weight is 469 g/mol. The van der Waals surface area contributed by atoms with Gasteiger partial charge in [0.1, 0.15) is 0 Å². The van der Waals surface area contributed by atoms with E-state index in [1.54, 1.807) is 0 Å². The molecule has 1 aliphatic carbocycles. The Morgan fingerprint density at radius 3 is 2.62 bits per heavy atom. The molecule has 1 fully saturated rings. The summed E-state index contributed by atoms with van der Waals surface area (Å²) in [5.74, 6) is -0.448. The Labute approximate surface area is 193 Å². The van der Waals surface area contributed by atoms with Crippen LogP contribution in [0.2, 0.25) is 0 Å². The lowest BCUT2D eigenvalue weighted by atomic mass is 9.97. The number of amides is 1. The SMILES string of the molecule is O=C(CN1CCCN(C(=S)NCCC2=CCCCC2)CC1)Nc1ccccc1C(F)(F)F. The highest BCUT2D eigenvalue weighted by atomic mass is 32.1. The van der Waals surface area contributed by atoms with Crippen LogP contribution in [0, 0.1) is 0 Å². The number of rotatable bonds is 6. The molecule has 1 aliphatic heterocycles. The number of alkyl halides is 3. The molecule has 1 aromatic rings. The number of hydrogen-bond acceptors (Lipinski definition) is 3. The smallest absolute Gasteiger partial charge is 0.362 e. The van der Waals surface area contributed by atoms with Crippen molar-refractivity contribution in [2.45, 2.75) is 44.7 Å². The Balaban J connectivity index is 1.43. The van der Waals surface area contributed by atoms with Crippen LogP contribution in [0.3, 0.4) is 0 Å². The summed E-state index contributed by atoms with van der Waals surface area (Å²) in [6, 6.07) is 5.04. The molecule has 5 nitrogen and oxygen atoms in total. The number of nitrogens with one attached hydrogen (secondary N) is 2. The summed E-state index contributed by atoms with van der Waals surface area (Å²) in [4.78, 5) is 16.5. The molecule has 0 radical (unpaired) electrons. The van der Waals surface area contributed by atoms with Crippen LogP contribution in [0.25, 0.3) is 0 Å². The number of carbonyl (C=O) groups is 1. The summed E-state index contributed by atoms with van der Waals surface area (Å²) in [7, 11) is 0. The fourth-order valence-corrected chi connectivity index (χ4v) is 4.42. The number of halogens is 3. The van der Waals surface area contributed by atoms with Gasteiger partial charge in [0.15, 0.2) is 5.11 Å². The predicted molar refractivity (Wildman–Crippen MR) is 124 cm³/mol. The molecule has 0 spiro atoms. The predicted octanol–water partition coefficient (Wildman–Crippen LogP) is 4.42. The van der Waals surface area contributed by atoms with Gasteiger partial charge in [-0.25, -0.2) is 0 Å². The lowest BCUT2D eigenvalue weighted by Gasteiger charge is -2.25. The van der Waals surface area contributed by atoms with Crippen molar-refractivity contribution in [1.29, 1.82) is 0 Å². The maximum atomic E-state index is 13.1. The topological polar surface area (TPSA) is 47.6 Å². The van der Waals surface area contributed by atoms with Crippen LogP contribution in [0.5, 0.6) is 0 Å². The molecule has 0 bridgehead atoms. The summed E-state index contributed by atoms with van der Waals surface area (Å²) in [6.45, 7) is 3.67. The van der Waals surface area contributed by atoms with Crippen LogP contribution < -0.4 is 10.6 Å². The fourth-order valence-electron chi connectivity index (χ4n) is 4.14. The third kappa shape index (κ3) is 7.48. The molecule has 1 saturated heterocycles. The number of benzene rings is 1. The lowest BCUT2D eigenvalue weighted by Crippen LogP contribution is -2.42. The monoisotopic (exact) mass is 468 g/mol. The molecular weight excluding hydrogens is 437 g/mol. The number of para-hydroxylation sites is 1. The highest BCUT2D eigenvalue weighted by Crippen LogP contribution is 2.34. The molecule has 1 aromatic carbocycles. The molecule has 3 rings (SSSR count). The van der Waals surface area contributed by atoms with E-state index in [2.05, 4.69) is 21.6 Å². The Kier molecular flexibility index (Phi) is 8.92. The minimum Gasteiger partial charge on any atom is -0.362 e. The zero-order chi connectivity index (χ0) is 23.0. The Morgan fingerprint density at radius 1 is 1.06 bits per heavy atom. The third-order valence-corrected chi connectivity index (χ3v) is 6.26. The van der Waals surface area contributed by atoms with Gasteiger partial charge in [0.2, 0.25) is 5.91 Å². The van der Waals surface area contributed by atoms with E-state index in [-0.39, 0.29) is 12.2 Å². The van der Waals surface area contributed by atoms with Crippen molar-refractivity contribution >= 4 is 28.9 Å². The molecular formula is C23H31F3N4OS. The standard InChI is InChI=1S/C23H31F3N4OS/c24-23(25,26)19-9-4-5-10-20(19)28-21(31)17-29-13-6-14-30(16-15-29)22(32)27-12-11-18-7-2-1-3-8-18/h4-5,7,9-10H,1-3,6,8,11-17H2,(H,27,32)(H,28,31). The first-order valence-corrected chi connectivity index (χ1v) is 11.6. The minimum atomic E-state index is -4.51. The first kappa shape index (κ1) is 24.5. The van der Waals surface area contributed by atoms with Gasteiger partial charge in [0.25, 0.3) is 0 Å². The first-order valence-electron chi connectivity index (χ1n) is 11.2. The average Bonchev–Trinajstić information content (AvgIpc) is 2.99. The van der Waals surface area contributed by atoms with Gasteiger partial charge in [-0.1, -0.05) is 23.8 Å². The van der Waals surface area contributed by atoms with E-state index in [0.29, 0.717) is 19.6 Å². The van der Waals surface area contributed by atoms with Crippen molar-refractivity contribution in [3.8, 4) is 0 Å². The fraction of sp³-hybridized carbons (Fsp3) is 0.565. The maximum Gasteiger partial charge on any atom is 0.418 e. The normalized spacial score (nSPS) is 18.0. The van der Waals surface area contributed by atoms with Crippen molar-refractivity contribution in [2.75, 3.05) is 44.6 Å². The number of nitrogens with zero attached hydrogens (tertiary/aromatic N) is 2. The van der Waals surface area contributed by atoms with E-state index < -0.39 is 17.6 Å². The third-order valence-electron chi connectivity index (χ3n) is 5.86. The van der Waals surface area contributed by atoms with Crippen LogP contribution in [-0.2, 0) is 11.0 Å². The number of hydrogen-bond donors (Lipinski definition) is 2. The zero-order valence-corrected chi connectivity index (χ0v) is 19.0. The number of carbonyl (C=O) groups excluding carboxylic acids is 1. The Bertz CT molecular complexity index is 828. The Morgan fingerprint density at radius 2 is 1.88 bits per heavy atom. The summed E-state index contributed by atoms with van der Waals surface area (Å²) in [5, 5.41) is 6.50. The number of allylic oxidation sites excluding steroid dienone is 1. The van der Waals surface area contributed by atoms with Crippen molar-refractivity contribution in [1.82, 2.24) is 15.1 Å². The minimum absolute atomic E-state index is 0.0500. The molecule has 2 N–H and O–H groups in total. The van der Waals surface area contributed by atoms with Gasteiger partial charge in [-0.2, -0.15) is 13.2 Å².